The van der Waals surface area contributed by atoms with E-state index in [9.17, 15) is 8.78 Å². The number of allylic oxidation sites excluding steroid dienone is 4. The zero-order chi connectivity index (χ0) is 20.2. The van der Waals surface area contributed by atoms with Gasteiger partial charge in [0.25, 0.3) is 0 Å². The van der Waals surface area contributed by atoms with Gasteiger partial charge in [0.1, 0.15) is 0 Å². The van der Waals surface area contributed by atoms with Crippen molar-refractivity contribution in [2.75, 3.05) is 0 Å². The van der Waals surface area contributed by atoms with Crippen LogP contribution in [0.15, 0.2) is 55.1 Å². The summed E-state index contributed by atoms with van der Waals surface area (Å²) in [6.45, 7) is 16.1. The number of para-hydroxylation sites is 1. The zero-order valence-corrected chi connectivity index (χ0v) is 16.9. The largest absolute Gasteiger partial charge is 0.586 e. The lowest BCUT2D eigenvalue weighted by Crippen LogP contribution is -2.26. The topological polar surface area (TPSA) is 18.5 Å². The number of aryl methyl sites for hydroxylation is 1. The molecule has 2 nitrogen and oxygen atoms in total. The van der Waals surface area contributed by atoms with E-state index in [0.717, 1.165) is 22.4 Å². The molecule has 3 rings (SSSR count). The van der Waals surface area contributed by atoms with Gasteiger partial charge in [0.05, 0.1) is 0 Å². The fourth-order valence-corrected chi connectivity index (χ4v) is 3.47. The molecule has 1 aromatic carbocycles. The van der Waals surface area contributed by atoms with Crippen LogP contribution < -0.4 is 9.47 Å². The fraction of sp³-hybridized carbons (Fsp3) is 0.273. The van der Waals surface area contributed by atoms with Crippen molar-refractivity contribution in [3.05, 3.63) is 70.5 Å². The van der Waals surface area contributed by atoms with Crippen molar-refractivity contribution in [2.24, 2.45) is 0 Å². The first-order chi connectivity index (χ1) is 12.8. The molecule has 0 atom stereocenters. The monoisotopic (exact) mass is 390 g/mol. The van der Waals surface area contributed by atoms with E-state index in [0.29, 0.717) is 11.1 Å². The van der Waals surface area contributed by atoms with E-state index >= 15 is 0 Å². The number of benzene rings is 1. The van der Waals surface area contributed by atoms with Crippen molar-refractivity contribution >= 4 is 22.5 Å². The highest BCUT2D eigenvalue weighted by Gasteiger charge is 2.44. The van der Waals surface area contributed by atoms with Gasteiger partial charge in [-0.1, -0.05) is 52.1 Å². The summed E-state index contributed by atoms with van der Waals surface area (Å²) in [6.07, 6.45) is -0.760. The van der Waals surface area contributed by atoms with Crippen molar-refractivity contribution < 1.29 is 18.3 Å². The highest BCUT2D eigenvalue weighted by molar-refractivity contribution is 7.13. The van der Waals surface area contributed by atoms with Crippen molar-refractivity contribution in [3.63, 3.8) is 0 Å². The first-order valence-corrected chi connectivity index (χ1v) is 9.67. The predicted molar refractivity (Wildman–Crippen MR) is 110 cm³/mol. The highest BCUT2D eigenvalue weighted by Crippen LogP contribution is 2.46. The van der Waals surface area contributed by atoms with Crippen LogP contribution in [0.1, 0.15) is 43.0 Å². The number of alkyl halides is 2. The molecule has 144 valence electrons. The van der Waals surface area contributed by atoms with Crippen molar-refractivity contribution in [3.8, 4) is 11.5 Å². The number of rotatable bonds is 5. The van der Waals surface area contributed by atoms with Crippen LogP contribution in [0, 0.1) is 0 Å². The molecule has 2 heterocycles. The molecule has 0 saturated heterocycles. The van der Waals surface area contributed by atoms with Crippen molar-refractivity contribution in [1.29, 1.82) is 0 Å². The van der Waals surface area contributed by atoms with Gasteiger partial charge in [-0.2, -0.15) is 0 Å². The van der Waals surface area contributed by atoms with E-state index in [-0.39, 0.29) is 11.5 Å². The maximum atomic E-state index is 13.3. The summed E-state index contributed by atoms with van der Waals surface area (Å²) in [5.41, 5.74) is 2.75. The van der Waals surface area contributed by atoms with Gasteiger partial charge in [0.2, 0.25) is 0 Å². The summed E-state index contributed by atoms with van der Waals surface area (Å²) in [7, 11) is 0. The molecule has 5 heteroatoms. The fourth-order valence-electron chi connectivity index (χ4n) is 2.58. The van der Waals surface area contributed by atoms with Crippen LogP contribution in [0.5, 0.6) is 11.5 Å². The summed E-state index contributed by atoms with van der Waals surface area (Å²) in [4.78, 5) is 2.36. The Kier molecular flexibility index (Phi) is 6.60. The number of hydrogen-bond donors (Lipinski definition) is 0. The Hall–Kier alpha value is -2.40. The van der Waals surface area contributed by atoms with Crippen LogP contribution in [0.4, 0.5) is 8.78 Å². The lowest BCUT2D eigenvalue weighted by molar-refractivity contribution is -0.286. The van der Waals surface area contributed by atoms with E-state index in [1.54, 1.807) is 23.5 Å². The summed E-state index contributed by atoms with van der Waals surface area (Å²) in [5.74, 6) is 0.0291. The summed E-state index contributed by atoms with van der Waals surface area (Å²) < 4.78 is 35.8. The number of ether oxygens (including phenoxy) is 2. The van der Waals surface area contributed by atoms with Crippen molar-refractivity contribution in [2.45, 2.75) is 40.4 Å². The number of fused-ring (bicyclic) bond motifs is 1. The average molecular weight is 390 g/mol. The Morgan fingerprint density at radius 2 is 1.85 bits per heavy atom. The lowest BCUT2D eigenvalue weighted by atomic mass is 9.97. The average Bonchev–Trinajstić information content (AvgIpc) is 3.24. The van der Waals surface area contributed by atoms with Gasteiger partial charge in [-0.15, -0.1) is 20.1 Å². The van der Waals surface area contributed by atoms with Gasteiger partial charge in [-0.05, 0) is 48.3 Å². The van der Waals surface area contributed by atoms with E-state index in [1.807, 2.05) is 32.9 Å². The van der Waals surface area contributed by atoms with Gasteiger partial charge >= 0.3 is 6.29 Å². The predicted octanol–water partition coefficient (Wildman–Crippen LogP) is 7.33. The molecular formula is C22H24F2O2S. The summed E-state index contributed by atoms with van der Waals surface area (Å²) in [5, 5.41) is 0. The molecule has 0 unspecified atom stereocenters. The van der Waals surface area contributed by atoms with Crippen LogP contribution in [0.3, 0.4) is 0 Å². The molecule has 0 N–H and O–H groups in total. The molecule has 0 fully saturated rings. The Morgan fingerprint density at radius 1 is 1.15 bits per heavy atom. The third kappa shape index (κ3) is 4.66. The minimum absolute atomic E-state index is 0.0141. The Morgan fingerprint density at radius 3 is 2.48 bits per heavy atom. The molecule has 1 aliphatic rings. The standard InChI is InChI=1S/C20H18F2O2S.C2H6/c1-5-15-9-10-18(25-15)13(3)11-12(2)14(4)16-7-6-8-17-19(16)24-20(21,22)23-17;1-2/h6-11H,3-5H2,1-2H3;1-2H3/b12-11+;. The molecule has 1 aromatic heterocycles. The molecule has 0 bridgehead atoms. The zero-order valence-electron chi connectivity index (χ0n) is 16.1. The van der Waals surface area contributed by atoms with Crippen LogP contribution >= 0.6 is 11.3 Å². The smallest absolute Gasteiger partial charge is 0.395 e. The normalized spacial score (nSPS) is 14.4. The van der Waals surface area contributed by atoms with E-state index in [1.165, 1.54) is 10.9 Å². The maximum Gasteiger partial charge on any atom is 0.586 e. The third-order valence-electron chi connectivity index (χ3n) is 3.95. The van der Waals surface area contributed by atoms with Crippen LogP contribution in [-0.2, 0) is 6.42 Å². The first-order valence-electron chi connectivity index (χ1n) is 8.85. The van der Waals surface area contributed by atoms with Crippen LogP contribution in [-0.4, -0.2) is 6.29 Å². The van der Waals surface area contributed by atoms with Gasteiger partial charge in [0, 0.05) is 15.3 Å². The maximum absolute atomic E-state index is 13.3. The number of halogens is 2. The van der Waals surface area contributed by atoms with Crippen LogP contribution in [0.2, 0.25) is 0 Å². The second kappa shape index (κ2) is 8.53. The van der Waals surface area contributed by atoms with Crippen molar-refractivity contribution in [1.82, 2.24) is 0 Å². The second-order valence-corrected chi connectivity index (χ2v) is 6.92. The quantitative estimate of drug-likeness (QED) is 0.498. The van der Waals surface area contributed by atoms with E-state index in [2.05, 4.69) is 35.6 Å². The van der Waals surface area contributed by atoms with Crippen LogP contribution in [0.25, 0.3) is 11.1 Å². The molecule has 0 amide bonds. The molecular weight excluding hydrogens is 366 g/mol. The minimum atomic E-state index is -3.65. The third-order valence-corrected chi connectivity index (χ3v) is 5.25. The molecule has 0 aliphatic carbocycles. The van der Waals surface area contributed by atoms with Gasteiger partial charge in [-0.25, -0.2) is 0 Å². The van der Waals surface area contributed by atoms with E-state index < -0.39 is 6.29 Å². The molecule has 1 aliphatic heterocycles. The first kappa shape index (κ1) is 20.9. The van der Waals surface area contributed by atoms with E-state index in [4.69, 9.17) is 0 Å². The lowest BCUT2D eigenvalue weighted by Gasteiger charge is -2.11. The molecule has 0 saturated carbocycles. The number of hydrogen-bond acceptors (Lipinski definition) is 3. The molecule has 2 aromatic rings. The minimum Gasteiger partial charge on any atom is -0.395 e. The Labute approximate surface area is 163 Å². The summed E-state index contributed by atoms with van der Waals surface area (Å²) >= 11 is 1.69. The van der Waals surface area contributed by atoms with Gasteiger partial charge < -0.3 is 9.47 Å². The van der Waals surface area contributed by atoms with Gasteiger partial charge in [0.15, 0.2) is 11.5 Å². The Balaban J connectivity index is 0.00000126. The second-order valence-electron chi connectivity index (χ2n) is 5.75. The summed E-state index contributed by atoms with van der Waals surface area (Å²) in [6, 6.07) is 8.89. The number of thiophene rings is 1. The molecule has 0 radical (unpaired) electrons. The van der Waals surface area contributed by atoms with Gasteiger partial charge in [-0.3, -0.25) is 0 Å². The molecule has 27 heavy (non-hydrogen) atoms. The highest BCUT2D eigenvalue weighted by atomic mass is 32.1. The Bertz CT molecular complexity index is 878. The SMILES string of the molecule is C=C(/C=C(\C)C(=C)c1cccc2c1OC(F)(F)O2)c1ccc(CC)s1.CC. The molecule has 0 spiro atoms.